The van der Waals surface area contributed by atoms with Crippen LogP contribution in [0.2, 0.25) is 0 Å². The molecule has 1 fully saturated rings. The van der Waals surface area contributed by atoms with Crippen molar-refractivity contribution < 1.29 is 13.2 Å². The smallest absolute Gasteiger partial charge is 0.266 e. The Balaban J connectivity index is 1.78. The number of sulfonamides is 1. The number of benzene rings is 4. The molecule has 4 aromatic rings. The Hall–Kier alpha value is -3.70. The van der Waals surface area contributed by atoms with Gasteiger partial charge in [-0.15, -0.1) is 0 Å². The number of aryl methyl sites for hydroxylation is 1. The Kier molecular flexibility index (Phi) is 5.58. The average Bonchev–Trinajstić information content (AvgIpc) is 3.20. The van der Waals surface area contributed by atoms with Crippen LogP contribution in [0.5, 0.6) is 0 Å². The van der Waals surface area contributed by atoms with E-state index in [9.17, 15) is 13.2 Å². The Morgan fingerprint density at radius 1 is 0.706 bits per heavy atom. The SMILES string of the molecule is Cc1ccc(S(=O)(=O)N2C[C@@H](c3ccccc3)C(c3ccccc3)(c3ccccc3)C2=O)cc1. The molecule has 0 spiro atoms. The first kappa shape index (κ1) is 22.1. The van der Waals surface area contributed by atoms with Crippen molar-refractivity contribution in [3.05, 3.63) is 138 Å². The van der Waals surface area contributed by atoms with E-state index in [1.54, 1.807) is 24.3 Å². The van der Waals surface area contributed by atoms with E-state index in [0.29, 0.717) is 0 Å². The van der Waals surface area contributed by atoms with Crippen LogP contribution in [0, 0.1) is 6.92 Å². The summed E-state index contributed by atoms with van der Waals surface area (Å²) in [5.74, 6) is -0.828. The average molecular weight is 468 g/mol. The van der Waals surface area contributed by atoms with Crippen LogP contribution in [0.1, 0.15) is 28.2 Å². The largest absolute Gasteiger partial charge is 0.272 e. The van der Waals surface area contributed by atoms with Crippen molar-refractivity contribution >= 4 is 15.9 Å². The fraction of sp³-hybridized carbons (Fsp3) is 0.138. The molecule has 5 rings (SSSR count). The molecule has 0 bridgehead atoms. The molecule has 1 saturated heterocycles. The lowest BCUT2D eigenvalue weighted by molar-refractivity contribution is -0.127. The molecule has 0 unspecified atom stereocenters. The van der Waals surface area contributed by atoms with Crippen LogP contribution < -0.4 is 0 Å². The number of nitrogens with zero attached hydrogens (tertiary/aromatic N) is 1. The van der Waals surface area contributed by atoms with E-state index >= 15 is 0 Å². The molecule has 4 aromatic carbocycles. The number of rotatable bonds is 5. The summed E-state index contributed by atoms with van der Waals surface area (Å²) in [7, 11) is -4.05. The molecule has 0 aliphatic carbocycles. The second-order valence-electron chi connectivity index (χ2n) is 8.66. The maximum Gasteiger partial charge on any atom is 0.266 e. The molecule has 170 valence electrons. The third-order valence-corrected chi connectivity index (χ3v) is 8.47. The van der Waals surface area contributed by atoms with E-state index < -0.39 is 27.3 Å². The van der Waals surface area contributed by atoms with Crippen LogP contribution in [-0.2, 0) is 20.2 Å². The number of carbonyl (C=O) groups is 1. The Bertz CT molecular complexity index is 1360. The topological polar surface area (TPSA) is 54.5 Å². The maximum atomic E-state index is 14.4. The summed E-state index contributed by atoms with van der Waals surface area (Å²) in [6.07, 6.45) is 0. The Labute approximate surface area is 200 Å². The molecule has 1 aliphatic rings. The highest BCUT2D eigenvalue weighted by Crippen LogP contribution is 2.51. The Morgan fingerprint density at radius 2 is 1.18 bits per heavy atom. The standard InChI is InChI=1S/C29H25NO3S/c1-22-17-19-26(20-18-22)34(32,33)30-21-27(23-11-5-2-6-12-23)29(28(30)31,24-13-7-3-8-14-24)25-15-9-4-10-16-25/h2-20,27H,21H2,1H3/t27-/m0/s1. The summed E-state index contributed by atoms with van der Waals surface area (Å²) < 4.78 is 28.7. The molecular weight excluding hydrogens is 442 g/mol. The van der Waals surface area contributed by atoms with Crippen molar-refractivity contribution in [2.75, 3.05) is 6.54 Å². The monoisotopic (exact) mass is 467 g/mol. The van der Waals surface area contributed by atoms with Crippen molar-refractivity contribution in [2.24, 2.45) is 0 Å². The van der Waals surface area contributed by atoms with Gasteiger partial charge >= 0.3 is 0 Å². The van der Waals surface area contributed by atoms with E-state index in [1.807, 2.05) is 97.9 Å². The minimum Gasteiger partial charge on any atom is -0.272 e. The van der Waals surface area contributed by atoms with Crippen molar-refractivity contribution in [1.82, 2.24) is 4.31 Å². The van der Waals surface area contributed by atoms with Gasteiger partial charge in [0.2, 0.25) is 0 Å². The predicted molar refractivity (Wildman–Crippen MR) is 133 cm³/mol. The van der Waals surface area contributed by atoms with Gasteiger partial charge in [-0.25, -0.2) is 12.7 Å². The van der Waals surface area contributed by atoms with E-state index in [2.05, 4.69) is 0 Å². The fourth-order valence-electron chi connectivity index (χ4n) is 5.03. The van der Waals surface area contributed by atoms with Crippen LogP contribution >= 0.6 is 0 Å². The van der Waals surface area contributed by atoms with Gasteiger partial charge in [-0.2, -0.15) is 0 Å². The van der Waals surface area contributed by atoms with Gasteiger partial charge in [0.25, 0.3) is 15.9 Å². The fourth-order valence-corrected chi connectivity index (χ4v) is 6.48. The van der Waals surface area contributed by atoms with Gasteiger partial charge in [-0.05, 0) is 35.7 Å². The Morgan fingerprint density at radius 3 is 1.68 bits per heavy atom. The highest BCUT2D eigenvalue weighted by Gasteiger charge is 2.59. The molecule has 1 aliphatic heterocycles. The molecule has 1 amide bonds. The zero-order chi connectivity index (χ0) is 23.8. The second-order valence-corrected chi connectivity index (χ2v) is 10.5. The van der Waals surface area contributed by atoms with Gasteiger partial charge in [0.1, 0.15) is 5.41 Å². The van der Waals surface area contributed by atoms with Crippen molar-refractivity contribution in [3.63, 3.8) is 0 Å². The van der Waals surface area contributed by atoms with Crippen LogP contribution in [0.3, 0.4) is 0 Å². The molecule has 5 heteroatoms. The summed E-state index contributed by atoms with van der Waals surface area (Å²) in [5, 5.41) is 0. The normalized spacial score (nSPS) is 17.6. The van der Waals surface area contributed by atoms with Crippen molar-refractivity contribution in [2.45, 2.75) is 23.2 Å². The number of hydrogen-bond acceptors (Lipinski definition) is 3. The van der Waals surface area contributed by atoms with Gasteiger partial charge < -0.3 is 0 Å². The molecule has 1 heterocycles. The third kappa shape index (κ3) is 3.44. The van der Waals surface area contributed by atoms with Gasteiger partial charge in [0, 0.05) is 12.5 Å². The summed E-state index contributed by atoms with van der Waals surface area (Å²) in [6.45, 7) is 1.96. The first-order chi connectivity index (χ1) is 16.5. The van der Waals surface area contributed by atoms with Crippen LogP contribution in [0.4, 0.5) is 0 Å². The number of carbonyl (C=O) groups excluding carboxylic acids is 1. The molecule has 0 aromatic heterocycles. The molecule has 34 heavy (non-hydrogen) atoms. The summed E-state index contributed by atoms with van der Waals surface area (Å²) >= 11 is 0. The van der Waals surface area contributed by atoms with Crippen LogP contribution in [0.25, 0.3) is 0 Å². The molecule has 0 saturated carbocycles. The van der Waals surface area contributed by atoms with E-state index in [1.165, 1.54) is 0 Å². The van der Waals surface area contributed by atoms with Gasteiger partial charge in [-0.3, -0.25) is 4.79 Å². The van der Waals surface area contributed by atoms with Crippen molar-refractivity contribution in [1.29, 1.82) is 0 Å². The zero-order valence-corrected chi connectivity index (χ0v) is 19.7. The predicted octanol–water partition coefficient (Wildman–Crippen LogP) is 5.30. The maximum absolute atomic E-state index is 14.4. The highest BCUT2D eigenvalue weighted by molar-refractivity contribution is 7.89. The summed E-state index contributed by atoms with van der Waals surface area (Å²) in [4.78, 5) is 14.6. The summed E-state index contributed by atoms with van der Waals surface area (Å²) in [5.41, 5.74) is 2.26. The van der Waals surface area contributed by atoms with E-state index in [-0.39, 0.29) is 11.4 Å². The van der Waals surface area contributed by atoms with Crippen LogP contribution in [0.15, 0.2) is 120 Å². The van der Waals surface area contributed by atoms with E-state index in [0.717, 1.165) is 26.6 Å². The number of amides is 1. The van der Waals surface area contributed by atoms with Gasteiger partial charge in [0.05, 0.1) is 4.90 Å². The molecule has 0 N–H and O–H groups in total. The molecule has 4 nitrogen and oxygen atoms in total. The van der Waals surface area contributed by atoms with Crippen LogP contribution in [-0.4, -0.2) is 25.2 Å². The molecular formula is C29H25NO3S. The van der Waals surface area contributed by atoms with Gasteiger partial charge in [0.15, 0.2) is 0 Å². The molecule has 1 atom stereocenters. The third-order valence-electron chi connectivity index (χ3n) is 6.70. The lowest BCUT2D eigenvalue weighted by Gasteiger charge is -2.34. The molecule has 0 radical (unpaired) electrons. The lowest BCUT2D eigenvalue weighted by Crippen LogP contribution is -2.43. The number of hydrogen-bond donors (Lipinski definition) is 0. The second kappa shape index (κ2) is 8.58. The minimum absolute atomic E-state index is 0.0584. The highest BCUT2D eigenvalue weighted by atomic mass is 32.2. The minimum atomic E-state index is -4.05. The summed E-state index contributed by atoms with van der Waals surface area (Å²) in [6, 6.07) is 35.4. The van der Waals surface area contributed by atoms with Crippen molar-refractivity contribution in [3.8, 4) is 0 Å². The lowest BCUT2D eigenvalue weighted by atomic mass is 9.65. The van der Waals surface area contributed by atoms with Gasteiger partial charge in [-0.1, -0.05) is 109 Å². The quantitative estimate of drug-likeness (QED) is 0.400. The van der Waals surface area contributed by atoms with E-state index in [4.69, 9.17) is 0 Å². The zero-order valence-electron chi connectivity index (χ0n) is 18.8. The first-order valence-electron chi connectivity index (χ1n) is 11.3. The first-order valence-corrected chi connectivity index (χ1v) is 12.7.